The third-order valence-corrected chi connectivity index (χ3v) is 4.68. The number of aromatic nitrogens is 2. The zero-order chi connectivity index (χ0) is 15.5. The largest absolute Gasteiger partial charge is 0.347 e. The third kappa shape index (κ3) is 3.45. The molecule has 0 bridgehead atoms. The normalized spacial score (nSPS) is 10.6. The average molecular weight is 376 g/mol. The minimum absolute atomic E-state index is 0.142. The average Bonchev–Trinajstić information content (AvgIpc) is 3.10. The molecule has 0 radical (unpaired) electrons. The van der Waals surface area contributed by atoms with Crippen molar-refractivity contribution in [1.29, 1.82) is 0 Å². The summed E-state index contributed by atoms with van der Waals surface area (Å²) in [5.74, 6) is -0.142. The topological polar surface area (TPSA) is 46.9 Å². The van der Waals surface area contributed by atoms with Crippen LogP contribution < -0.4 is 5.32 Å². The Bertz CT molecular complexity index is 792. The van der Waals surface area contributed by atoms with Crippen LogP contribution in [0.15, 0.2) is 53.3 Å². The molecule has 0 saturated carbocycles. The molecule has 112 valence electrons. The Morgan fingerprint density at radius 2 is 2.09 bits per heavy atom. The summed E-state index contributed by atoms with van der Waals surface area (Å²) in [6, 6.07) is 11.8. The van der Waals surface area contributed by atoms with Gasteiger partial charge in [-0.3, -0.25) is 10.1 Å². The van der Waals surface area contributed by atoms with Crippen LogP contribution in [0.3, 0.4) is 0 Å². The number of carbonyl (C=O) groups excluding carboxylic acids is 1. The van der Waals surface area contributed by atoms with E-state index in [4.69, 9.17) is 0 Å². The van der Waals surface area contributed by atoms with E-state index >= 15 is 0 Å². The molecule has 0 unspecified atom stereocenters. The van der Waals surface area contributed by atoms with Crippen LogP contribution in [-0.4, -0.2) is 15.5 Å². The number of benzene rings is 1. The highest BCUT2D eigenvalue weighted by Gasteiger charge is 2.11. The molecular weight excluding hydrogens is 362 g/mol. The lowest BCUT2D eigenvalue weighted by Gasteiger charge is -2.02. The van der Waals surface area contributed by atoms with Gasteiger partial charge in [0.15, 0.2) is 5.13 Å². The molecule has 3 rings (SSSR count). The second kappa shape index (κ2) is 6.46. The maximum atomic E-state index is 12.1. The van der Waals surface area contributed by atoms with Gasteiger partial charge in [-0.2, -0.15) is 0 Å². The number of nitrogens with zero attached hydrogens (tertiary/aromatic N) is 2. The number of anilines is 1. The molecule has 1 aromatic carbocycles. The number of carbonyl (C=O) groups is 1. The molecule has 0 aliphatic carbocycles. The fraction of sp³-hybridized carbons (Fsp3) is 0.125. The van der Waals surface area contributed by atoms with E-state index < -0.39 is 0 Å². The second-order valence-corrected chi connectivity index (χ2v) is 6.92. The summed E-state index contributed by atoms with van der Waals surface area (Å²) in [6.45, 7) is 0. The van der Waals surface area contributed by atoms with Gasteiger partial charge in [0.1, 0.15) is 5.69 Å². The molecule has 0 saturated heterocycles. The molecule has 4 nitrogen and oxygen atoms in total. The highest BCUT2D eigenvalue weighted by molar-refractivity contribution is 9.10. The van der Waals surface area contributed by atoms with Gasteiger partial charge in [0.2, 0.25) is 0 Å². The van der Waals surface area contributed by atoms with Crippen molar-refractivity contribution < 1.29 is 4.79 Å². The zero-order valence-electron chi connectivity index (χ0n) is 11.9. The van der Waals surface area contributed by atoms with Crippen LogP contribution in [0.25, 0.3) is 0 Å². The quantitative estimate of drug-likeness (QED) is 0.746. The van der Waals surface area contributed by atoms with Crippen molar-refractivity contribution in [2.75, 3.05) is 5.32 Å². The summed E-state index contributed by atoms with van der Waals surface area (Å²) in [6.07, 6.45) is 4.47. The molecule has 0 aliphatic rings. The monoisotopic (exact) mass is 375 g/mol. The van der Waals surface area contributed by atoms with Crippen LogP contribution in [-0.2, 0) is 13.5 Å². The number of aryl methyl sites for hydroxylation is 1. The number of thiazole rings is 1. The Morgan fingerprint density at radius 3 is 2.77 bits per heavy atom. The van der Waals surface area contributed by atoms with Gasteiger partial charge >= 0.3 is 0 Å². The van der Waals surface area contributed by atoms with Gasteiger partial charge in [0, 0.05) is 35.2 Å². The summed E-state index contributed by atoms with van der Waals surface area (Å²) in [5.41, 5.74) is 1.83. The molecule has 0 spiro atoms. The van der Waals surface area contributed by atoms with Crippen molar-refractivity contribution in [1.82, 2.24) is 9.55 Å². The predicted molar refractivity (Wildman–Crippen MR) is 92.4 cm³/mol. The maximum Gasteiger partial charge on any atom is 0.274 e. The van der Waals surface area contributed by atoms with Crippen LogP contribution in [0.5, 0.6) is 0 Å². The Hall–Kier alpha value is -1.92. The van der Waals surface area contributed by atoms with Crippen molar-refractivity contribution >= 4 is 38.3 Å². The summed E-state index contributed by atoms with van der Waals surface area (Å²) in [7, 11) is 1.84. The van der Waals surface area contributed by atoms with Crippen molar-refractivity contribution in [2.24, 2.45) is 7.05 Å². The molecule has 1 N–H and O–H groups in total. The molecule has 1 amide bonds. The minimum atomic E-state index is -0.142. The van der Waals surface area contributed by atoms with Crippen molar-refractivity contribution in [3.8, 4) is 0 Å². The number of hydrogen-bond donors (Lipinski definition) is 1. The van der Waals surface area contributed by atoms with Crippen molar-refractivity contribution in [3.05, 3.63) is 69.4 Å². The summed E-state index contributed by atoms with van der Waals surface area (Å²) in [5, 5.41) is 3.46. The zero-order valence-corrected chi connectivity index (χ0v) is 14.3. The van der Waals surface area contributed by atoms with Crippen LogP contribution in [0.2, 0.25) is 0 Å². The van der Waals surface area contributed by atoms with Crippen LogP contribution in [0, 0.1) is 0 Å². The van der Waals surface area contributed by atoms with Crippen LogP contribution in [0.1, 0.15) is 20.9 Å². The number of halogens is 1. The Morgan fingerprint density at radius 1 is 1.32 bits per heavy atom. The van der Waals surface area contributed by atoms with Gasteiger partial charge in [-0.25, -0.2) is 4.98 Å². The number of hydrogen-bond acceptors (Lipinski definition) is 3. The molecule has 0 fully saturated rings. The van der Waals surface area contributed by atoms with Gasteiger partial charge in [-0.15, -0.1) is 11.3 Å². The third-order valence-electron chi connectivity index (χ3n) is 3.24. The van der Waals surface area contributed by atoms with Crippen molar-refractivity contribution in [3.63, 3.8) is 0 Å². The van der Waals surface area contributed by atoms with Gasteiger partial charge in [-0.1, -0.05) is 28.1 Å². The summed E-state index contributed by atoms with van der Waals surface area (Å²) >= 11 is 4.93. The molecule has 3 aromatic rings. The van der Waals surface area contributed by atoms with Crippen LogP contribution >= 0.6 is 27.3 Å². The van der Waals surface area contributed by atoms with E-state index in [1.165, 1.54) is 16.9 Å². The van der Waals surface area contributed by atoms with E-state index in [1.54, 1.807) is 10.6 Å². The molecular formula is C16H14BrN3OS. The lowest BCUT2D eigenvalue weighted by molar-refractivity contribution is 0.101. The van der Waals surface area contributed by atoms with Crippen molar-refractivity contribution in [2.45, 2.75) is 6.42 Å². The molecule has 0 atom stereocenters. The van der Waals surface area contributed by atoms with E-state index in [0.717, 1.165) is 15.8 Å². The van der Waals surface area contributed by atoms with Crippen LogP contribution in [0.4, 0.5) is 5.13 Å². The van der Waals surface area contributed by atoms with Gasteiger partial charge in [-0.05, 0) is 29.8 Å². The fourth-order valence-corrected chi connectivity index (χ4v) is 3.21. The first-order valence-electron chi connectivity index (χ1n) is 6.73. The van der Waals surface area contributed by atoms with E-state index in [1.807, 2.05) is 37.6 Å². The molecule has 22 heavy (non-hydrogen) atoms. The number of nitrogens with one attached hydrogen (secondary N) is 1. The minimum Gasteiger partial charge on any atom is -0.347 e. The standard InChI is InChI=1S/C16H14BrN3OS/c1-20-8-2-3-14(20)15(21)19-16-18-10-13(22-16)9-11-4-6-12(17)7-5-11/h2-8,10H,9H2,1H3,(H,18,19,21). The predicted octanol–water partition coefficient (Wildman–Crippen LogP) is 4.09. The van der Waals surface area contributed by atoms with E-state index in [0.29, 0.717) is 10.8 Å². The SMILES string of the molecule is Cn1cccc1C(=O)Nc1ncc(Cc2ccc(Br)cc2)s1. The Labute approximate surface area is 140 Å². The lowest BCUT2D eigenvalue weighted by atomic mass is 10.1. The number of rotatable bonds is 4. The maximum absolute atomic E-state index is 12.1. The molecule has 0 aliphatic heterocycles. The first kappa shape index (κ1) is 15.0. The van der Waals surface area contributed by atoms with Gasteiger partial charge < -0.3 is 4.57 Å². The first-order valence-corrected chi connectivity index (χ1v) is 8.34. The lowest BCUT2D eigenvalue weighted by Crippen LogP contribution is -2.14. The summed E-state index contributed by atoms with van der Waals surface area (Å²) in [4.78, 5) is 17.5. The smallest absolute Gasteiger partial charge is 0.274 e. The molecule has 6 heteroatoms. The highest BCUT2D eigenvalue weighted by Crippen LogP contribution is 2.22. The number of amides is 1. The molecule has 2 aromatic heterocycles. The summed E-state index contributed by atoms with van der Waals surface area (Å²) < 4.78 is 2.85. The van der Waals surface area contributed by atoms with Gasteiger partial charge in [0.05, 0.1) is 0 Å². The van der Waals surface area contributed by atoms with E-state index in [-0.39, 0.29) is 5.91 Å². The Kier molecular flexibility index (Phi) is 4.40. The molecule has 2 heterocycles. The second-order valence-electron chi connectivity index (χ2n) is 4.89. The van der Waals surface area contributed by atoms with E-state index in [9.17, 15) is 4.79 Å². The highest BCUT2D eigenvalue weighted by atomic mass is 79.9. The fourth-order valence-electron chi connectivity index (χ4n) is 2.11. The van der Waals surface area contributed by atoms with Gasteiger partial charge in [0.25, 0.3) is 5.91 Å². The Balaban J connectivity index is 1.67. The first-order chi connectivity index (χ1) is 10.6. The van der Waals surface area contributed by atoms with E-state index in [2.05, 4.69) is 38.4 Å².